The number of hydrogen-bond donors (Lipinski definition) is 2. The van der Waals surface area contributed by atoms with E-state index in [2.05, 4.69) is 5.32 Å². The maximum Gasteiger partial charge on any atom is 0.248 e. The average molecular weight is 249 g/mol. The van der Waals surface area contributed by atoms with Crippen molar-refractivity contribution in [2.24, 2.45) is 5.73 Å². The fourth-order valence-corrected chi connectivity index (χ4v) is 1.34. The third-order valence-corrected chi connectivity index (χ3v) is 2.78. The number of carbonyl (C=O) groups excluding carboxylic acids is 2. The van der Waals surface area contributed by atoms with Crippen molar-refractivity contribution in [3.8, 4) is 0 Å². The average Bonchev–Trinajstić information content (AvgIpc) is 2.35. The molecular formula is C13H19N3O2. The van der Waals surface area contributed by atoms with Gasteiger partial charge in [-0.1, -0.05) is 0 Å². The Bertz CT molecular complexity index is 426. The van der Waals surface area contributed by atoms with Gasteiger partial charge in [0.05, 0.1) is 6.54 Å². The van der Waals surface area contributed by atoms with Crippen LogP contribution in [0.25, 0.3) is 0 Å². The number of primary amides is 1. The predicted molar refractivity (Wildman–Crippen MR) is 71.4 cm³/mol. The van der Waals surface area contributed by atoms with Crippen LogP contribution in [0.1, 0.15) is 24.2 Å². The zero-order valence-electron chi connectivity index (χ0n) is 10.9. The van der Waals surface area contributed by atoms with Crippen molar-refractivity contribution in [2.75, 3.05) is 18.9 Å². The van der Waals surface area contributed by atoms with E-state index in [1.165, 1.54) is 0 Å². The molecule has 0 atom stereocenters. The van der Waals surface area contributed by atoms with Gasteiger partial charge >= 0.3 is 0 Å². The number of nitrogens with zero attached hydrogens (tertiary/aromatic N) is 1. The van der Waals surface area contributed by atoms with Crippen molar-refractivity contribution in [1.82, 2.24) is 4.90 Å². The Morgan fingerprint density at radius 1 is 1.28 bits per heavy atom. The molecule has 2 amide bonds. The number of nitrogens with one attached hydrogen (secondary N) is 1. The Hall–Kier alpha value is -2.04. The Balaban J connectivity index is 2.54. The number of anilines is 1. The number of hydrogen-bond acceptors (Lipinski definition) is 3. The highest BCUT2D eigenvalue weighted by molar-refractivity contribution is 5.93. The maximum absolute atomic E-state index is 11.7. The van der Waals surface area contributed by atoms with Gasteiger partial charge in [0, 0.05) is 24.3 Å². The highest BCUT2D eigenvalue weighted by Crippen LogP contribution is 2.09. The highest BCUT2D eigenvalue weighted by atomic mass is 16.2. The molecule has 0 heterocycles. The summed E-state index contributed by atoms with van der Waals surface area (Å²) in [4.78, 5) is 24.3. The third-order valence-electron chi connectivity index (χ3n) is 2.78. The molecule has 0 unspecified atom stereocenters. The Kier molecular flexibility index (Phi) is 4.71. The molecule has 0 saturated carbocycles. The maximum atomic E-state index is 11.7. The van der Waals surface area contributed by atoms with Crippen LogP contribution in [0.3, 0.4) is 0 Å². The zero-order chi connectivity index (χ0) is 13.7. The minimum Gasteiger partial charge on any atom is -0.376 e. The van der Waals surface area contributed by atoms with E-state index in [1.54, 1.807) is 36.2 Å². The van der Waals surface area contributed by atoms with Crippen LogP contribution in [-0.2, 0) is 4.79 Å². The molecule has 0 saturated heterocycles. The molecule has 0 radical (unpaired) electrons. The molecule has 0 aliphatic heterocycles. The van der Waals surface area contributed by atoms with Gasteiger partial charge in [0.25, 0.3) is 0 Å². The number of nitrogens with two attached hydrogens (primary N) is 1. The molecule has 98 valence electrons. The Labute approximate surface area is 107 Å². The van der Waals surface area contributed by atoms with Crippen LogP contribution in [-0.4, -0.2) is 36.3 Å². The van der Waals surface area contributed by atoms with E-state index in [9.17, 15) is 9.59 Å². The standard InChI is InChI=1S/C13H19N3O2/c1-9(2)16(3)12(17)8-15-11-6-4-10(5-7-11)13(14)18/h4-7,9,15H,8H2,1-3H3,(H2,14,18). The van der Waals surface area contributed by atoms with Gasteiger partial charge in [-0.25, -0.2) is 0 Å². The molecule has 0 aliphatic rings. The highest BCUT2D eigenvalue weighted by Gasteiger charge is 2.11. The number of likely N-dealkylation sites (N-methyl/N-ethyl adjacent to an activating group) is 1. The lowest BCUT2D eigenvalue weighted by molar-refractivity contribution is -0.129. The summed E-state index contributed by atoms with van der Waals surface area (Å²) in [6.45, 7) is 4.14. The molecule has 18 heavy (non-hydrogen) atoms. The van der Waals surface area contributed by atoms with Gasteiger partial charge in [0.2, 0.25) is 11.8 Å². The van der Waals surface area contributed by atoms with Crippen molar-refractivity contribution in [2.45, 2.75) is 19.9 Å². The summed E-state index contributed by atoms with van der Waals surface area (Å²) in [6.07, 6.45) is 0. The summed E-state index contributed by atoms with van der Waals surface area (Å²) in [5.74, 6) is -0.443. The number of amides is 2. The third kappa shape index (κ3) is 3.76. The first-order chi connectivity index (χ1) is 8.41. The molecule has 1 aromatic rings. The van der Waals surface area contributed by atoms with Crippen LogP contribution in [0, 0.1) is 0 Å². The molecule has 0 aromatic heterocycles. The van der Waals surface area contributed by atoms with E-state index in [0.717, 1.165) is 5.69 Å². The molecule has 5 heteroatoms. The molecule has 0 aliphatic carbocycles. The van der Waals surface area contributed by atoms with E-state index in [0.29, 0.717) is 5.56 Å². The fraction of sp³-hybridized carbons (Fsp3) is 0.385. The first kappa shape index (κ1) is 14.0. The second-order valence-corrected chi connectivity index (χ2v) is 4.39. The van der Waals surface area contributed by atoms with E-state index in [4.69, 9.17) is 5.73 Å². The van der Waals surface area contributed by atoms with Gasteiger partial charge < -0.3 is 16.0 Å². The monoisotopic (exact) mass is 249 g/mol. The summed E-state index contributed by atoms with van der Waals surface area (Å²) < 4.78 is 0. The molecule has 0 spiro atoms. The molecule has 0 fully saturated rings. The topological polar surface area (TPSA) is 75.4 Å². The van der Waals surface area contributed by atoms with Crippen LogP contribution in [0.4, 0.5) is 5.69 Å². The van der Waals surface area contributed by atoms with Gasteiger partial charge in [0.1, 0.15) is 0 Å². The van der Waals surface area contributed by atoms with E-state index >= 15 is 0 Å². The lowest BCUT2D eigenvalue weighted by Gasteiger charge is -2.21. The second kappa shape index (κ2) is 6.05. The Morgan fingerprint density at radius 2 is 1.83 bits per heavy atom. The molecule has 5 nitrogen and oxygen atoms in total. The predicted octanol–water partition coefficient (Wildman–Crippen LogP) is 1.06. The largest absolute Gasteiger partial charge is 0.376 e. The van der Waals surface area contributed by atoms with Gasteiger partial charge in [-0.3, -0.25) is 9.59 Å². The summed E-state index contributed by atoms with van der Waals surface area (Å²) in [6, 6.07) is 6.88. The van der Waals surface area contributed by atoms with Crippen LogP contribution < -0.4 is 11.1 Å². The van der Waals surface area contributed by atoms with Crippen LogP contribution >= 0.6 is 0 Å². The minimum absolute atomic E-state index is 0.0176. The van der Waals surface area contributed by atoms with Gasteiger partial charge in [-0.15, -0.1) is 0 Å². The van der Waals surface area contributed by atoms with Crippen LogP contribution in [0.5, 0.6) is 0 Å². The number of carbonyl (C=O) groups is 2. The van der Waals surface area contributed by atoms with E-state index < -0.39 is 5.91 Å². The van der Waals surface area contributed by atoms with Crippen molar-refractivity contribution >= 4 is 17.5 Å². The lowest BCUT2D eigenvalue weighted by atomic mass is 10.2. The fourth-order valence-electron chi connectivity index (χ4n) is 1.34. The molecule has 0 bridgehead atoms. The lowest BCUT2D eigenvalue weighted by Crippen LogP contribution is -2.37. The summed E-state index contributed by atoms with van der Waals surface area (Å²) in [5.41, 5.74) is 6.37. The van der Waals surface area contributed by atoms with Crippen molar-refractivity contribution < 1.29 is 9.59 Å². The van der Waals surface area contributed by atoms with Crippen LogP contribution in [0.2, 0.25) is 0 Å². The van der Waals surface area contributed by atoms with Gasteiger partial charge in [-0.05, 0) is 38.1 Å². The smallest absolute Gasteiger partial charge is 0.248 e. The van der Waals surface area contributed by atoms with Crippen molar-refractivity contribution in [1.29, 1.82) is 0 Å². The first-order valence-corrected chi connectivity index (χ1v) is 5.81. The molecular weight excluding hydrogens is 230 g/mol. The molecule has 3 N–H and O–H groups in total. The SMILES string of the molecule is CC(C)N(C)C(=O)CNc1ccc(C(N)=O)cc1. The van der Waals surface area contributed by atoms with E-state index in [-0.39, 0.29) is 18.5 Å². The number of benzene rings is 1. The van der Waals surface area contributed by atoms with Crippen LogP contribution in [0.15, 0.2) is 24.3 Å². The van der Waals surface area contributed by atoms with Crippen molar-refractivity contribution in [3.63, 3.8) is 0 Å². The van der Waals surface area contributed by atoms with E-state index in [1.807, 2.05) is 13.8 Å². The van der Waals surface area contributed by atoms with Gasteiger partial charge in [-0.2, -0.15) is 0 Å². The quantitative estimate of drug-likeness (QED) is 0.819. The Morgan fingerprint density at radius 3 is 2.28 bits per heavy atom. The zero-order valence-corrected chi connectivity index (χ0v) is 10.9. The minimum atomic E-state index is -0.461. The normalized spacial score (nSPS) is 10.2. The molecule has 1 rings (SSSR count). The number of rotatable bonds is 5. The summed E-state index contributed by atoms with van der Waals surface area (Å²) in [7, 11) is 1.77. The van der Waals surface area contributed by atoms with Crippen molar-refractivity contribution in [3.05, 3.63) is 29.8 Å². The molecule has 1 aromatic carbocycles. The van der Waals surface area contributed by atoms with Gasteiger partial charge in [0.15, 0.2) is 0 Å². The summed E-state index contributed by atoms with van der Waals surface area (Å²) >= 11 is 0. The first-order valence-electron chi connectivity index (χ1n) is 5.81. The second-order valence-electron chi connectivity index (χ2n) is 4.39. The summed E-state index contributed by atoms with van der Waals surface area (Å²) in [5, 5.41) is 3.00.